The molecule has 1 fully saturated rings. The van der Waals surface area contributed by atoms with E-state index in [9.17, 15) is 34.3 Å². The third kappa shape index (κ3) is 16.9. The Morgan fingerprint density at radius 2 is 1.59 bits per heavy atom. The van der Waals surface area contributed by atoms with Crippen molar-refractivity contribution in [2.24, 2.45) is 10.6 Å². The van der Waals surface area contributed by atoms with Crippen LogP contribution < -0.4 is 10.6 Å². The molecule has 0 aromatic heterocycles. The van der Waals surface area contributed by atoms with Crippen LogP contribution in [0, 0.1) is 5.41 Å². The molecule has 1 rings (SSSR count). The van der Waals surface area contributed by atoms with Crippen molar-refractivity contribution >= 4 is 30.9 Å². The summed E-state index contributed by atoms with van der Waals surface area (Å²) < 4.78 is 21.9. The molecule has 44 heavy (non-hydrogen) atoms. The molecule has 0 spiro atoms. The molecule has 2 amide bonds. The van der Waals surface area contributed by atoms with E-state index < -0.39 is 44.5 Å². The average Bonchev–Trinajstić information content (AvgIpc) is 2.92. The number of ketones is 1. The molecule has 0 saturated carbocycles. The van der Waals surface area contributed by atoms with Crippen LogP contribution in [0.2, 0.25) is 0 Å². The zero-order valence-corrected chi connectivity index (χ0v) is 27.3. The number of carbonyl (C=O) groups excluding carboxylic acids is 3. The number of carbonyl (C=O) groups is 3. The summed E-state index contributed by atoms with van der Waals surface area (Å²) in [5.41, 5.74) is 0.426. The number of aliphatic hydroxyl groups excluding tert-OH is 3. The Kier molecular flexibility index (Phi) is 17.8. The minimum atomic E-state index is -4.35. The second kappa shape index (κ2) is 19.5. The van der Waals surface area contributed by atoms with E-state index in [1.54, 1.807) is 6.92 Å². The van der Waals surface area contributed by atoms with Crippen LogP contribution in [-0.2, 0) is 33.3 Å². The first-order chi connectivity index (χ1) is 20.4. The van der Waals surface area contributed by atoms with Crippen LogP contribution in [0.25, 0.3) is 0 Å². The number of aliphatic hydroxyl groups is 3. The molecule has 256 valence electrons. The van der Waals surface area contributed by atoms with Gasteiger partial charge in [0.2, 0.25) is 11.8 Å². The molecule has 1 unspecified atom stereocenters. The topological polar surface area (TPSA) is 234 Å². The van der Waals surface area contributed by atoms with Gasteiger partial charge in [-0.3, -0.25) is 14.2 Å². The lowest BCUT2D eigenvalue weighted by atomic mass is 9.83. The van der Waals surface area contributed by atoms with Gasteiger partial charge in [0.25, 0.3) is 0 Å². The molecule has 6 atom stereocenters. The summed E-state index contributed by atoms with van der Waals surface area (Å²) in [5, 5.41) is 40.0. The van der Waals surface area contributed by atoms with E-state index in [1.165, 1.54) is 6.92 Å². The van der Waals surface area contributed by atoms with Crippen LogP contribution in [0.15, 0.2) is 5.16 Å². The monoisotopic (exact) mass is 653 g/mol. The fraction of sp³-hybridized carbons (Fsp3) is 0.857. The van der Waals surface area contributed by atoms with Crippen molar-refractivity contribution < 1.29 is 58.4 Å². The summed E-state index contributed by atoms with van der Waals surface area (Å²) in [6.07, 6.45) is -4.75. The van der Waals surface area contributed by atoms with Crippen LogP contribution in [0.1, 0.15) is 86.0 Å². The number of rotatable bonds is 20. The van der Waals surface area contributed by atoms with Crippen molar-refractivity contribution in [2.45, 2.75) is 123 Å². The zero-order chi connectivity index (χ0) is 33.5. The van der Waals surface area contributed by atoms with Gasteiger partial charge in [0.05, 0.1) is 24.6 Å². The Bertz CT molecular complexity index is 983. The minimum absolute atomic E-state index is 0.0182. The summed E-state index contributed by atoms with van der Waals surface area (Å²) in [7, 11) is -4.35. The summed E-state index contributed by atoms with van der Waals surface area (Å²) in [4.78, 5) is 58.7. The Morgan fingerprint density at radius 3 is 2.20 bits per heavy atom. The van der Waals surface area contributed by atoms with Gasteiger partial charge in [-0.15, -0.1) is 0 Å². The summed E-state index contributed by atoms with van der Waals surface area (Å²) in [6.45, 7) is 9.66. The molecule has 0 aliphatic carbocycles. The van der Waals surface area contributed by atoms with Crippen LogP contribution in [0.5, 0.6) is 0 Å². The molecule has 1 heterocycles. The molecule has 0 bridgehead atoms. The number of nitrogens with zero attached hydrogens (tertiary/aromatic N) is 1. The first-order valence-electron chi connectivity index (χ1n) is 15.0. The van der Waals surface area contributed by atoms with Gasteiger partial charge < -0.3 is 54.8 Å². The molecular formula is C28H52N3O12P. The maximum absolute atomic E-state index is 12.2. The van der Waals surface area contributed by atoms with Crippen molar-refractivity contribution in [3.63, 3.8) is 0 Å². The van der Waals surface area contributed by atoms with Crippen molar-refractivity contribution in [2.75, 3.05) is 25.9 Å². The lowest BCUT2D eigenvalue weighted by Crippen LogP contribution is -2.58. The molecular weight excluding hydrogens is 601 g/mol. The summed E-state index contributed by atoms with van der Waals surface area (Å²) >= 11 is 0. The van der Waals surface area contributed by atoms with Gasteiger partial charge in [-0.25, -0.2) is 0 Å². The van der Waals surface area contributed by atoms with Gasteiger partial charge >= 0.3 is 7.60 Å². The van der Waals surface area contributed by atoms with Gasteiger partial charge in [0.1, 0.15) is 30.7 Å². The van der Waals surface area contributed by atoms with Gasteiger partial charge in [-0.05, 0) is 51.4 Å². The number of nitrogens with one attached hydrogen (secondary N) is 2. The zero-order valence-electron chi connectivity index (χ0n) is 26.4. The SMILES string of the molecule is CC(=O)CCC(=O)N[C@@H](CCCCNC(=O)CC/C(C)=N/OCCO[C@H]1O[C@H](CCP(=O)(O)O)C(O)[C@H](O)[C@@H]1O)C(C)(C)C. The van der Waals surface area contributed by atoms with E-state index in [1.807, 2.05) is 20.8 Å². The maximum Gasteiger partial charge on any atom is 0.325 e. The van der Waals surface area contributed by atoms with E-state index in [0.717, 1.165) is 19.3 Å². The molecule has 1 aliphatic heterocycles. The quantitative estimate of drug-likeness (QED) is 0.0417. The second-order valence-corrected chi connectivity index (χ2v) is 14.0. The lowest BCUT2D eigenvalue weighted by molar-refractivity contribution is -0.298. The van der Waals surface area contributed by atoms with Crippen molar-refractivity contribution in [3.05, 3.63) is 0 Å². The van der Waals surface area contributed by atoms with Gasteiger partial charge in [0, 0.05) is 31.8 Å². The van der Waals surface area contributed by atoms with Gasteiger partial charge in [-0.2, -0.15) is 0 Å². The largest absolute Gasteiger partial charge is 0.393 e. The van der Waals surface area contributed by atoms with Crippen LogP contribution >= 0.6 is 7.60 Å². The van der Waals surface area contributed by atoms with Crippen molar-refractivity contribution in [1.29, 1.82) is 0 Å². The normalized spacial score (nSPS) is 23.6. The molecule has 16 heteroatoms. The Labute approximate surface area is 259 Å². The number of hydrogen-bond donors (Lipinski definition) is 7. The number of ether oxygens (including phenoxy) is 2. The average molecular weight is 654 g/mol. The minimum Gasteiger partial charge on any atom is -0.393 e. The first kappa shape index (κ1) is 40.1. The molecule has 0 aromatic carbocycles. The van der Waals surface area contributed by atoms with Gasteiger partial charge in [0.15, 0.2) is 6.29 Å². The predicted molar refractivity (Wildman–Crippen MR) is 161 cm³/mol. The molecule has 7 N–H and O–H groups in total. The maximum atomic E-state index is 12.2. The Balaban J connectivity index is 2.28. The Morgan fingerprint density at radius 1 is 0.932 bits per heavy atom. The van der Waals surface area contributed by atoms with E-state index in [4.69, 9.17) is 24.1 Å². The summed E-state index contributed by atoms with van der Waals surface area (Å²) in [5.74, 6) is -0.285. The number of oxime groups is 1. The molecule has 15 nitrogen and oxygen atoms in total. The number of Topliss-reactive ketones (excluding diaryl/α,β-unsaturated/α-hetero) is 1. The van der Waals surface area contributed by atoms with Crippen LogP contribution in [0.4, 0.5) is 0 Å². The molecule has 1 saturated heterocycles. The summed E-state index contributed by atoms with van der Waals surface area (Å²) in [6, 6.07) is -0.0425. The third-order valence-electron chi connectivity index (χ3n) is 7.09. The molecule has 0 radical (unpaired) electrons. The van der Waals surface area contributed by atoms with Crippen molar-refractivity contribution in [3.8, 4) is 0 Å². The van der Waals surface area contributed by atoms with E-state index in [-0.39, 0.29) is 68.0 Å². The smallest absolute Gasteiger partial charge is 0.325 e. The fourth-order valence-electron chi connectivity index (χ4n) is 4.35. The van der Waals surface area contributed by atoms with E-state index in [2.05, 4.69) is 15.8 Å². The fourth-order valence-corrected chi connectivity index (χ4v) is 4.94. The predicted octanol–water partition coefficient (Wildman–Crippen LogP) is 0.738. The second-order valence-electron chi connectivity index (χ2n) is 12.3. The highest BCUT2D eigenvalue weighted by atomic mass is 31.2. The number of amides is 2. The number of unbranched alkanes of at least 4 members (excludes halogenated alkanes) is 1. The molecule has 1 aliphatic rings. The molecule has 0 aromatic rings. The van der Waals surface area contributed by atoms with E-state index >= 15 is 0 Å². The van der Waals surface area contributed by atoms with E-state index in [0.29, 0.717) is 18.7 Å². The number of hydrogen-bond acceptors (Lipinski definition) is 11. The first-order valence-corrected chi connectivity index (χ1v) is 16.8. The third-order valence-corrected chi connectivity index (χ3v) is 7.93. The standard InChI is InChI=1S/C28H52N3O12P/c1-18(31-42-16-15-41-27-26(37)25(36)24(35)20(43-27)13-17-44(38,39)40)9-11-22(33)29-14-7-6-8-21(28(3,4)5)30-23(34)12-10-19(2)32/h20-21,24-27,35-37H,6-17H2,1-5H3,(H,29,33)(H,30,34)(H2,38,39,40)/b31-18+/t20-,21+,24?,25+,26+,27+/m1/s1. The van der Waals surface area contributed by atoms with Crippen LogP contribution in [-0.4, -0.2) is 111 Å². The lowest BCUT2D eigenvalue weighted by Gasteiger charge is -2.40. The highest BCUT2D eigenvalue weighted by Crippen LogP contribution is 2.37. The van der Waals surface area contributed by atoms with Crippen LogP contribution in [0.3, 0.4) is 0 Å². The van der Waals surface area contributed by atoms with Crippen molar-refractivity contribution in [1.82, 2.24) is 10.6 Å². The van der Waals surface area contributed by atoms with Gasteiger partial charge in [-0.1, -0.05) is 25.9 Å². The highest BCUT2D eigenvalue weighted by Gasteiger charge is 2.44. The Hall–Kier alpha value is -1.97. The highest BCUT2D eigenvalue weighted by molar-refractivity contribution is 7.51.